The standard InChI is InChI=1S/C29H33N5O3.2C2H6/c1-5-21(13-14-32(4)18(2)3)33-17-19(16-30-33)15-20-9-10-24-27-22(20)7-6-8-23(27)29(37)34(24)25-11-12-26(35)31-28(25)36;2*1-2/h6-10,16-17,21,25H,2,5,11-15H2,1,3-4H3,(H,31,35,36);2*1-2H3. The minimum Gasteiger partial charge on any atom is -0.379 e. The molecule has 5 rings (SSSR count). The molecule has 1 fully saturated rings. The van der Waals surface area contributed by atoms with Gasteiger partial charge in [0.25, 0.3) is 5.91 Å². The smallest absolute Gasteiger partial charge is 0.259 e. The first kappa shape index (κ1) is 31.6. The van der Waals surface area contributed by atoms with Crippen molar-refractivity contribution in [2.24, 2.45) is 0 Å². The monoisotopic (exact) mass is 559 g/mol. The normalized spacial score (nSPS) is 16.4. The highest BCUT2D eigenvalue weighted by Gasteiger charge is 2.40. The number of allylic oxidation sites excluding steroid dienone is 1. The molecule has 1 saturated heterocycles. The fraction of sp³-hybridized carbons (Fsp3) is 0.455. The predicted octanol–water partition coefficient (Wildman–Crippen LogP) is 6.25. The van der Waals surface area contributed by atoms with E-state index in [0.717, 1.165) is 52.7 Å². The molecule has 2 aliphatic heterocycles. The summed E-state index contributed by atoms with van der Waals surface area (Å²) in [5.74, 6) is -0.896. The van der Waals surface area contributed by atoms with E-state index in [-0.39, 0.29) is 18.2 Å². The molecule has 1 aromatic heterocycles. The molecular formula is C33H45N5O3. The van der Waals surface area contributed by atoms with Gasteiger partial charge in [0, 0.05) is 49.3 Å². The Kier molecular flexibility index (Phi) is 10.9. The third-order valence-electron chi connectivity index (χ3n) is 7.68. The molecule has 0 spiro atoms. The Morgan fingerprint density at radius 1 is 1.15 bits per heavy atom. The van der Waals surface area contributed by atoms with Crippen molar-refractivity contribution < 1.29 is 14.4 Å². The minimum atomic E-state index is -0.681. The van der Waals surface area contributed by atoms with Crippen LogP contribution in [-0.2, 0) is 16.0 Å². The lowest BCUT2D eigenvalue weighted by Crippen LogP contribution is -2.53. The Bertz CT molecular complexity index is 1410. The lowest BCUT2D eigenvalue weighted by Gasteiger charge is -2.30. The summed E-state index contributed by atoms with van der Waals surface area (Å²) in [5, 5.41) is 8.93. The first-order valence-corrected chi connectivity index (χ1v) is 14.9. The molecule has 220 valence electrons. The Balaban J connectivity index is 0.00000111. The van der Waals surface area contributed by atoms with Crippen LogP contribution >= 0.6 is 0 Å². The number of anilines is 1. The zero-order valence-corrected chi connectivity index (χ0v) is 25.7. The summed E-state index contributed by atoms with van der Waals surface area (Å²) in [5.41, 5.74) is 4.60. The maximum atomic E-state index is 13.4. The van der Waals surface area contributed by atoms with E-state index in [1.54, 1.807) is 4.90 Å². The Morgan fingerprint density at radius 3 is 2.54 bits per heavy atom. The van der Waals surface area contributed by atoms with Gasteiger partial charge in [-0.25, -0.2) is 0 Å². The van der Waals surface area contributed by atoms with E-state index < -0.39 is 11.9 Å². The molecule has 2 unspecified atom stereocenters. The average Bonchev–Trinajstić information content (AvgIpc) is 3.56. The molecule has 3 heterocycles. The van der Waals surface area contributed by atoms with Gasteiger partial charge < -0.3 is 4.90 Å². The van der Waals surface area contributed by atoms with Crippen molar-refractivity contribution in [2.75, 3.05) is 18.5 Å². The van der Waals surface area contributed by atoms with Gasteiger partial charge in [0.05, 0.1) is 17.9 Å². The number of benzene rings is 2. The molecule has 0 saturated carbocycles. The molecule has 0 aliphatic carbocycles. The molecule has 8 nitrogen and oxygen atoms in total. The van der Waals surface area contributed by atoms with Crippen LogP contribution in [0.2, 0.25) is 0 Å². The van der Waals surface area contributed by atoms with Gasteiger partial charge in [-0.2, -0.15) is 5.10 Å². The molecule has 1 N–H and O–H groups in total. The van der Waals surface area contributed by atoms with Crippen LogP contribution in [0.4, 0.5) is 5.69 Å². The quantitative estimate of drug-likeness (QED) is 0.313. The number of rotatable bonds is 9. The van der Waals surface area contributed by atoms with Crippen molar-refractivity contribution in [3.8, 4) is 0 Å². The summed E-state index contributed by atoms with van der Waals surface area (Å²) < 4.78 is 2.07. The van der Waals surface area contributed by atoms with Crippen LogP contribution in [0.5, 0.6) is 0 Å². The minimum absolute atomic E-state index is 0.189. The van der Waals surface area contributed by atoms with Crippen molar-refractivity contribution >= 4 is 34.2 Å². The van der Waals surface area contributed by atoms with E-state index in [9.17, 15) is 14.4 Å². The van der Waals surface area contributed by atoms with Crippen molar-refractivity contribution in [3.05, 3.63) is 71.7 Å². The number of aromatic nitrogens is 2. The first-order chi connectivity index (χ1) is 19.8. The van der Waals surface area contributed by atoms with Crippen LogP contribution < -0.4 is 10.2 Å². The molecule has 8 heteroatoms. The molecule has 3 aromatic rings. The zero-order valence-electron chi connectivity index (χ0n) is 25.7. The second-order valence-electron chi connectivity index (χ2n) is 10.1. The van der Waals surface area contributed by atoms with Gasteiger partial charge in [-0.15, -0.1) is 0 Å². The van der Waals surface area contributed by atoms with Gasteiger partial charge in [-0.05, 0) is 54.8 Å². The summed E-state index contributed by atoms with van der Waals surface area (Å²) in [6, 6.07) is 9.34. The average molecular weight is 560 g/mol. The molecule has 2 aliphatic rings. The fourth-order valence-corrected chi connectivity index (χ4v) is 5.40. The lowest BCUT2D eigenvalue weighted by molar-refractivity contribution is -0.134. The molecule has 0 radical (unpaired) electrons. The lowest BCUT2D eigenvalue weighted by atomic mass is 9.97. The summed E-state index contributed by atoms with van der Waals surface area (Å²) in [6.07, 6.45) is 7.27. The number of carbonyl (C=O) groups excluding carboxylic acids is 3. The second kappa shape index (κ2) is 14.1. The zero-order chi connectivity index (χ0) is 30.3. The largest absolute Gasteiger partial charge is 0.379 e. The van der Waals surface area contributed by atoms with E-state index in [4.69, 9.17) is 0 Å². The van der Waals surface area contributed by atoms with Gasteiger partial charge in [-0.1, -0.05) is 59.4 Å². The molecular weight excluding hydrogens is 514 g/mol. The summed E-state index contributed by atoms with van der Waals surface area (Å²) in [4.78, 5) is 41.3. The van der Waals surface area contributed by atoms with E-state index in [0.29, 0.717) is 24.4 Å². The number of carbonyl (C=O) groups is 3. The maximum Gasteiger partial charge on any atom is 0.259 e. The van der Waals surface area contributed by atoms with E-state index in [1.165, 1.54) is 0 Å². The van der Waals surface area contributed by atoms with Crippen LogP contribution in [0.25, 0.3) is 10.8 Å². The van der Waals surface area contributed by atoms with Crippen LogP contribution in [0.1, 0.15) is 94.8 Å². The number of nitrogens with one attached hydrogen (secondary N) is 1. The highest BCUT2D eigenvalue weighted by atomic mass is 16.2. The number of hydrogen-bond acceptors (Lipinski definition) is 5. The summed E-state index contributed by atoms with van der Waals surface area (Å²) in [6.45, 7) is 17.1. The predicted molar refractivity (Wildman–Crippen MR) is 166 cm³/mol. The second-order valence-corrected chi connectivity index (χ2v) is 10.1. The topological polar surface area (TPSA) is 87.5 Å². The van der Waals surface area contributed by atoms with Crippen LogP contribution in [-0.4, -0.2) is 52.0 Å². The van der Waals surface area contributed by atoms with Gasteiger partial charge >= 0.3 is 0 Å². The Labute approximate surface area is 244 Å². The van der Waals surface area contributed by atoms with Gasteiger partial charge in [0.2, 0.25) is 11.8 Å². The summed E-state index contributed by atoms with van der Waals surface area (Å²) >= 11 is 0. The number of piperidine rings is 1. The molecule has 3 amide bonds. The van der Waals surface area contributed by atoms with E-state index in [2.05, 4.69) is 46.7 Å². The van der Waals surface area contributed by atoms with Crippen LogP contribution in [0.3, 0.4) is 0 Å². The Hall–Kier alpha value is -3.94. The third-order valence-corrected chi connectivity index (χ3v) is 7.68. The molecule has 2 aromatic carbocycles. The number of nitrogens with zero attached hydrogens (tertiary/aromatic N) is 4. The van der Waals surface area contributed by atoms with Gasteiger partial charge in [-0.3, -0.25) is 29.3 Å². The van der Waals surface area contributed by atoms with Crippen molar-refractivity contribution in [1.29, 1.82) is 0 Å². The van der Waals surface area contributed by atoms with E-state index >= 15 is 0 Å². The number of hydrogen-bond donors (Lipinski definition) is 1. The molecule has 41 heavy (non-hydrogen) atoms. The summed E-state index contributed by atoms with van der Waals surface area (Å²) in [7, 11) is 2.06. The van der Waals surface area contributed by atoms with Crippen LogP contribution in [0.15, 0.2) is 55.0 Å². The van der Waals surface area contributed by atoms with Crippen molar-refractivity contribution in [3.63, 3.8) is 0 Å². The maximum absolute atomic E-state index is 13.4. The fourth-order valence-electron chi connectivity index (χ4n) is 5.40. The van der Waals surface area contributed by atoms with Gasteiger partial charge in [0.1, 0.15) is 6.04 Å². The number of imide groups is 1. The third kappa shape index (κ3) is 6.53. The molecule has 2 atom stereocenters. The highest BCUT2D eigenvalue weighted by Crippen LogP contribution is 2.41. The number of amides is 3. The van der Waals surface area contributed by atoms with Crippen molar-refractivity contribution in [2.45, 2.75) is 85.7 Å². The van der Waals surface area contributed by atoms with Gasteiger partial charge in [0.15, 0.2) is 0 Å². The van der Waals surface area contributed by atoms with Crippen LogP contribution in [0, 0.1) is 0 Å². The van der Waals surface area contributed by atoms with Crippen molar-refractivity contribution in [1.82, 2.24) is 20.0 Å². The SMILES string of the molecule is C=C(C)N(C)CCC(CC)n1cc(Cc2ccc3c4c(cccc24)C(=O)N3C2CCC(=O)NC2=O)cn1.CC.CC. The molecule has 0 bridgehead atoms. The Morgan fingerprint density at radius 2 is 1.88 bits per heavy atom. The first-order valence-electron chi connectivity index (χ1n) is 14.9. The highest BCUT2D eigenvalue weighted by molar-refractivity contribution is 6.27. The van der Waals surface area contributed by atoms with E-state index in [1.807, 2.05) is 71.1 Å².